The van der Waals surface area contributed by atoms with Crippen molar-refractivity contribution >= 4 is 23.9 Å². The first kappa shape index (κ1) is 17.9. The topological polar surface area (TPSA) is 155 Å². The van der Waals surface area contributed by atoms with E-state index in [4.69, 9.17) is 31.8 Å². The van der Waals surface area contributed by atoms with Gasteiger partial charge in [0.2, 0.25) is 0 Å². The van der Waals surface area contributed by atoms with Crippen molar-refractivity contribution < 1.29 is 59.1 Å². The van der Waals surface area contributed by atoms with Gasteiger partial charge in [0, 0.05) is 0 Å². The minimum Gasteiger partial charge on any atom is 2.00 e. The van der Waals surface area contributed by atoms with Crippen LogP contribution in [-0.2, 0) is 42.4 Å². The molecule has 0 saturated heterocycles. The van der Waals surface area contributed by atoms with Crippen LogP contribution in [0.3, 0.4) is 0 Å². The summed E-state index contributed by atoms with van der Waals surface area (Å²) in [6, 6.07) is 0. The molecule has 0 aromatic rings. The fourth-order valence-electron chi connectivity index (χ4n) is 0. The Morgan fingerprint density at radius 1 is 0.818 bits per heavy atom. The first-order valence-electron chi connectivity index (χ1n) is 1.37. The van der Waals surface area contributed by atoms with Crippen LogP contribution in [0.2, 0.25) is 0 Å². The fraction of sp³-hybridized carbons (Fsp3) is 0. The summed E-state index contributed by atoms with van der Waals surface area (Å²) in [7, 11) is 0. The Hall–Kier alpha value is 0.904. The van der Waals surface area contributed by atoms with Gasteiger partial charge in [0.15, 0.2) is 0 Å². The maximum atomic E-state index is 8.70. The van der Waals surface area contributed by atoms with Gasteiger partial charge in [-0.05, 0) is 0 Å². The molecule has 0 rings (SSSR count). The molecule has 11 heavy (non-hydrogen) atoms. The van der Waals surface area contributed by atoms with E-state index in [2.05, 4.69) is 0 Å². The summed E-state index contributed by atoms with van der Waals surface area (Å²) in [5, 5.41) is 0. The third-order valence-electron chi connectivity index (χ3n) is 0. The van der Waals surface area contributed by atoms with Gasteiger partial charge in [0.25, 0.3) is 0 Å². The number of hydrogen-bond donors (Lipinski definition) is 2. The molecule has 2 N–H and O–H groups in total. The molecular weight excluding hydrogens is 351 g/mol. The normalized spacial score (nSPS) is 10.5. The standard InChI is InChI=1S/2Cr.2H2O.6O.Sn/h;;2*1H2;;;;;;;/q2*+1;;;;;;;2*-1;+2/p-2. The van der Waals surface area contributed by atoms with E-state index >= 15 is 0 Å². The average Bonchev–Trinajstić information content (AvgIpc) is 1.12. The second-order valence-electron chi connectivity index (χ2n) is 0.855. The van der Waals surface area contributed by atoms with Crippen molar-refractivity contribution in [3.63, 3.8) is 0 Å². The molecule has 0 unspecified atom stereocenters. The Bertz CT molecular complexity index is 208. The molecule has 0 fully saturated rings. The molecule has 0 atom stereocenters. The van der Waals surface area contributed by atoms with E-state index in [1.54, 1.807) is 0 Å². The Morgan fingerprint density at radius 2 is 0.818 bits per heavy atom. The van der Waals surface area contributed by atoms with Crippen molar-refractivity contribution in [1.82, 2.24) is 0 Å². The Labute approximate surface area is 82.6 Å². The molecule has 2 radical (unpaired) electrons. The van der Waals surface area contributed by atoms with E-state index in [1.165, 1.54) is 0 Å². The van der Waals surface area contributed by atoms with E-state index in [1.807, 2.05) is 0 Å². The van der Waals surface area contributed by atoms with Crippen molar-refractivity contribution in [1.29, 1.82) is 0 Å². The van der Waals surface area contributed by atoms with E-state index in [-0.39, 0.29) is 23.9 Å². The SMILES string of the molecule is [O]=[Cr](=[O])([O-])[OH].[O]=[Cr](=[O])([O-])[OH].[Sn+2]. The van der Waals surface area contributed by atoms with Crippen molar-refractivity contribution in [3.8, 4) is 0 Å². The van der Waals surface area contributed by atoms with Gasteiger partial charge >= 0.3 is 83.0 Å². The third-order valence-corrected chi connectivity index (χ3v) is 0. The second-order valence-corrected chi connectivity index (χ2v) is 3.53. The predicted octanol–water partition coefficient (Wildman–Crippen LogP) is -4.35. The zero-order valence-electron chi connectivity index (χ0n) is 4.66. The Balaban J connectivity index is -0.000000107. The summed E-state index contributed by atoms with van der Waals surface area (Å²) < 4.78 is 66.3. The van der Waals surface area contributed by atoms with Crippen LogP contribution in [0.15, 0.2) is 0 Å². The van der Waals surface area contributed by atoms with Crippen LogP contribution in [0, 0.1) is 0 Å². The van der Waals surface area contributed by atoms with Crippen LogP contribution >= 0.6 is 0 Å². The average molecular weight is 353 g/mol. The molecule has 0 aliphatic rings. The monoisotopic (exact) mass is 354 g/mol. The van der Waals surface area contributed by atoms with Gasteiger partial charge in [0.05, 0.1) is 0 Å². The molecule has 0 aliphatic carbocycles. The minimum atomic E-state index is -5.50. The molecular formula is H2Cr2O8Sn. The molecule has 0 heterocycles. The number of hydrogen-bond acceptors (Lipinski definition) is 6. The largest absolute Gasteiger partial charge is 2.00 e. The zero-order chi connectivity index (χ0) is 9.00. The van der Waals surface area contributed by atoms with Crippen LogP contribution in [0.4, 0.5) is 0 Å². The summed E-state index contributed by atoms with van der Waals surface area (Å²) >= 11 is -11.0. The van der Waals surface area contributed by atoms with Crippen molar-refractivity contribution in [3.05, 3.63) is 0 Å². The molecule has 0 bridgehead atoms. The molecule has 66 valence electrons. The maximum Gasteiger partial charge on any atom is 2.00 e. The van der Waals surface area contributed by atoms with Gasteiger partial charge in [-0.15, -0.1) is 0 Å². The molecule has 0 aliphatic heterocycles. The molecule has 0 saturated carbocycles. The van der Waals surface area contributed by atoms with E-state index in [9.17, 15) is 0 Å². The summed E-state index contributed by atoms with van der Waals surface area (Å²) in [5.41, 5.74) is 0. The van der Waals surface area contributed by atoms with Crippen LogP contribution in [0.5, 0.6) is 0 Å². The van der Waals surface area contributed by atoms with Crippen molar-refractivity contribution in [2.45, 2.75) is 0 Å². The van der Waals surface area contributed by atoms with Gasteiger partial charge in [-0.1, -0.05) is 0 Å². The molecule has 8 nitrogen and oxygen atoms in total. The summed E-state index contributed by atoms with van der Waals surface area (Å²) in [4.78, 5) is 0. The summed E-state index contributed by atoms with van der Waals surface area (Å²) in [6.45, 7) is 0. The van der Waals surface area contributed by atoms with Crippen LogP contribution in [0.1, 0.15) is 0 Å². The summed E-state index contributed by atoms with van der Waals surface area (Å²) in [5.74, 6) is 0. The third kappa shape index (κ3) is 1060. The van der Waals surface area contributed by atoms with Crippen LogP contribution < -0.4 is 8.32 Å². The Morgan fingerprint density at radius 3 is 0.818 bits per heavy atom. The van der Waals surface area contributed by atoms with E-state index < -0.39 is 27.2 Å². The molecule has 0 amide bonds. The second kappa shape index (κ2) is 6.42. The molecule has 0 spiro atoms. The van der Waals surface area contributed by atoms with Gasteiger partial charge < -0.3 is 0 Å². The van der Waals surface area contributed by atoms with Crippen LogP contribution in [-0.4, -0.2) is 32.2 Å². The molecule has 0 aromatic heterocycles. The van der Waals surface area contributed by atoms with E-state index in [0.29, 0.717) is 0 Å². The van der Waals surface area contributed by atoms with Gasteiger partial charge in [0.1, 0.15) is 0 Å². The Kier molecular flexibility index (Phi) is 10.4. The quantitative estimate of drug-likeness (QED) is 0.414. The minimum absolute atomic E-state index is 0. The van der Waals surface area contributed by atoms with Gasteiger partial charge in [-0.25, -0.2) is 0 Å². The van der Waals surface area contributed by atoms with Crippen molar-refractivity contribution in [2.75, 3.05) is 0 Å². The summed E-state index contributed by atoms with van der Waals surface area (Å²) in [6.07, 6.45) is 0. The van der Waals surface area contributed by atoms with Gasteiger partial charge in [-0.3, -0.25) is 0 Å². The predicted molar refractivity (Wildman–Crippen MR) is 12.9 cm³/mol. The maximum absolute atomic E-state index is 8.70. The van der Waals surface area contributed by atoms with E-state index in [0.717, 1.165) is 0 Å². The zero-order valence-corrected chi connectivity index (χ0v) is 10.1. The molecule has 11 heteroatoms. The first-order valence-corrected chi connectivity index (χ1v) is 5.63. The smallest absolute Gasteiger partial charge is 2.00 e. The van der Waals surface area contributed by atoms with Crippen molar-refractivity contribution in [2.24, 2.45) is 0 Å². The molecule has 0 aromatic carbocycles. The van der Waals surface area contributed by atoms with Gasteiger partial charge in [-0.2, -0.15) is 0 Å². The first-order chi connectivity index (χ1) is 4.00. The fourth-order valence-corrected chi connectivity index (χ4v) is 0. The number of rotatable bonds is 0. The van der Waals surface area contributed by atoms with Crippen LogP contribution in [0.25, 0.3) is 0 Å².